The molecular weight excluding hydrogens is 248 g/mol. The van der Waals surface area contributed by atoms with E-state index in [1.807, 2.05) is 32.9 Å². The van der Waals surface area contributed by atoms with E-state index >= 15 is 0 Å². The molecule has 1 N–H and O–H groups in total. The largest absolute Gasteiger partial charge is 0.496 e. The second-order valence-corrected chi connectivity index (χ2v) is 5.40. The van der Waals surface area contributed by atoms with Crippen LogP contribution in [0.1, 0.15) is 33.9 Å². The normalized spacial score (nSPS) is 12.2. The highest BCUT2D eigenvalue weighted by atomic mass is 16.5. The van der Waals surface area contributed by atoms with E-state index in [9.17, 15) is 5.11 Å². The predicted octanol–water partition coefficient (Wildman–Crippen LogP) is 3.90. The molecule has 0 saturated heterocycles. The number of aliphatic hydroxyl groups is 1. The minimum absolute atomic E-state index is 0.509. The van der Waals surface area contributed by atoms with Gasteiger partial charge in [-0.1, -0.05) is 41.5 Å². The molecule has 0 spiro atoms. The Kier molecular flexibility index (Phi) is 4.46. The van der Waals surface area contributed by atoms with Crippen molar-refractivity contribution in [1.82, 2.24) is 0 Å². The first-order chi connectivity index (χ1) is 9.51. The molecule has 2 aromatic carbocycles. The van der Waals surface area contributed by atoms with Gasteiger partial charge in [0.15, 0.2) is 0 Å². The Morgan fingerprint density at radius 3 is 2.35 bits per heavy atom. The second kappa shape index (κ2) is 6.10. The topological polar surface area (TPSA) is 29.5 Å². The van der Waals surface area contributed by atoms with Crippen LogP contribution in [0.5, 0.6) is 5.75 Å². The first-order valence-electron chi connectivity index (χ1n) is 6.90. The summed E-state index contributed by atoms with van der Waals surface area (Å²) in [6.07, 6.45) is 0.0559. The Balaban J connectivity index is 2.29. The fraction of sp³-hybridized carbons (Fsp3) is 0.333. The molecule has 0 radical (unpaired) electrons. The average molecular weight is 270 g/mol. The number of aliphatic hydroxyl groups excluding tert-OH is 1. The lowest BCUT2D eigenvalue weighted by molar-refractivity contribution is 0.176. The highest BCUT2D eigenvalue weighted by Gasteiger charge is 2.14. The van der Waals surface area contributed by atoms with Crippen LogP contribution in [0.25, 0.3) is 0 Å². The van der Waals surface area contributed by atoms with Crippen LogP contribution in [-0.4, -0.2) is 12.2 Å². The Bertz CT molecular complexity index is 602. The first-order valence-corrected chi connectivity index (χ1v) is 6.90. The Morgan fingerprint density at radius 2 is 1.65 bits per heavy atom. The van der Waals surface area contributed by atoms with Crippen molar-refractivity contribution >= 4 is 0 Å². The monoisotopic (exact) mass is 270 g/mol. The molecule has 0 heterocycles. The van der Waals surface area contributed by atoms with Gasteiger partial charge in [-0.2, -0.15) is 0 Å². The van der Waals surface area contributed by atoms with Crippen LogP contribution in [0, 0.1) is 20.8 Å². The number of methoxy groups -OCH3 is 1. The molecular formula is C18H22O2. The van der Waals surface area contributed by atoms with Crippen LogP contribution in [0.15, 0.2) is 36.4 Å². The van der Waals surface area contributed by atoms with Crippen molar-refractivity contribution in [3.05, 3.63) is 64.2 Å². The van der Waals surface area contributed by atoms with E-state index in [0.29, 0.717) is 6.42 Å². The Labute approximate surface area is 121 Å². The Hall–Kier alpha value is -1.80. The fourth-order valence-electron chi connectivity index (χ4n) is 2.50. The van der Waals surface area contributed by atoms with Crippen LogP contribution in [0.3, 0.4) is 0 Å². The maximum absolute atomic E-state index is 10.5. The maximum Gasteiger partial charge on any atom is 0.122 e. The van der Waals surface area contributed by atoms with E-state index in [2.05, 4.69) is 24.3 Å². The zero-order valence-electron chi connectivity index (χ0n) is 12.6. The van der Waals surface area contributed by atoms with E-state index in [1.54, 1.807) is 7.11 Å². The van der Waals surface area contributed by atoms with Crippen molar-refractivity contribution in [3.8, 4) is 5.75 Å². The number of hydrogen-bond acceptors (Lipinski definition) is 2. The summed E-state index contributed by atoms with van der Waals surface area (Å²) in [5.41, 5.74) is 5.50. The number of hydrogen-bond donors (Lipinski definition) is 1. The van der Waals surface area contributed by atoms with Gasteiger partial charge >= 0.3 is 0 Å². The van der Waals surface area contributed by atoms with Gasteiger partial charge in [0, 0.05) is 6.42 Å². The van der Waals surface area contributed by atoms with Crippen LogP contribution < -0.4 is 4.74 Å². The maximum atomic E-state index is 10.5. The molecule has 0 bridgehead atoms. The van der Waals surface area contributed by atoms with Crippen molar-refractivity contribution in [2.24, 2.45) is 0 Å². The molecule has 2 nitrogen and oxygen atoms in total. The number of aryl methyl sites for hydroxylation is 3. The third-order valence-corrected chi connectivity index (χ3v) is 3.64. The molecule has 0 aromatic heterocycles. The molecule has 0 aliphatic carbocycles. The third-order valence-electron chi connectivity index (χ3n) is 3.64. The molecule has 2 heteroatoms. The molecule has 0 fully saturated rings. The molecule has 2 aromatic rings. The number of rotatable bonds is 4. The van der Waals surface area contributed by atoms with Gasteiger partial charge in [-0.15, -0.1) is 0 Å². The molecule has 0 aliphatic rings. The standard InChI is InChI=1S/C18H22O2/c1-12-6-8-18(20-4)15(9-12)11-17(19)16-10-13(2)5-7-14(16)3/h5-10,17,19H,11H2,1-4H3. The summed E-state index contributed by atoms with van der Waals surface area (Å²) < 4.78 is 5.38. The fourth-order valence-corrected chi connectivity index (χ4v) is 2.50. The van der Waals surface area contributed by atoms with Gasteiger partial charge in [0.25, 0.3) is 0 Å². The van der Waals surface area contributed by atoms with E-state index in [0.717, 1.165) is 22.4 Å². The molecule has 0 amide bonds. The lowest BCUT2D eigenvalue weighted by atomic mass is 9.95. The van der Waals surface area contributed by atoms with Gasteiger partial charge in [0.1, 0.15) is 5.75 Å². The van der Waals surface area contributed by atoms with Gasteiger partial charge in [0.05, 0.1) is 13.2 Å². The summed E-state index contributed by atoms with van der Waals surface area (Å²) in [6, 6.07) is 12.2. The van der Waals surface area contributed by atoms with Crippen molar-refractivity contribution in [1.29, 1.82) is 0 Å². The van der Waals surface area contributed by atoms with E-state index < -0.39 is 6.10 Å². The minimum Gasteiger partial charge on any atom is -0.496 e. The zero-order valence-corrected chi connectivity index (χ0v) is 12.6. The number of benzene rings is 2. The second-order valence-electron chi connectivity index (χ2n) is 5.40. The molecule has 2 rings (SSSR count). The van der Waals surface area contributed by atoms with Crippen molar-refractivity contribution in [2.45, 2.75) is 33.3 Å². The van der Waals surface area contributed by atoms with Crippen LogP contribution in [-0.2, 0) is 6.42 Å². The average Bonchev–Trinajstić information content (AvgIpc) is 2.41. The summed E-state index contributed by atoms with van der Waals surface area (Å²) in [5, 5.41) is 10.5. The van der Waals surface area contributed by atoms with Gasteiger partial charge in [0.2, 0.25) is 0 Å². The molecule has 1 unspecified atom stereocenters. The lowest BCUT2D eigenvalue weighted by Gasteiger charge is -2.17. The van der Waals surface area contributed by atoms with Crippen LogP contribution in [0.4, 0.5) is 0 Å². The highest BCUT2D eigenvalue weighted by Crippen LogP contribution is 2.28. The van der Waals surface area contributed by atoms with Gasteiger partial charge < -0.3 is 9.84 Å². The molecule has 20 heavy (non-hydrogen) atoms. The van der Waals surface area contributed by atoms with Crippen molar-refractivity contribution < 1.29 is 9.84 Å². The quantitative estimate of drug-likeness (QED) is 0.913. The third kappa shape index (κ3) is 3.20. The van der Waals surface area contributed by atoms with E-state index in [-0.39, 0.29) is 0 Å². The van der Waals surface area contributed by atoms with Crippen molar-refractivity contribution in [3.63, 3.8) is 0 Å². The lowest BCUT2D eigenvalue weighted by Crippen LogP contribution is -2.06. The summed E-state index contributed by atoms with van der Waals surface area (Å²) in [6.45, 7) is 6.13. The zero-order chi connectivity index (χ0) is 14.7. The van der Waals surface area contributed by atoms with Gasteiger partial charge in [-0.05, 0) is 43.5 Å². The Morgan fingerprint density at radius 1 is 1.00 bits per heavy atom. The highest BCUT2D eigenvalue weighted by molar-refractivity contribution is 5.39. The molecule has 0 aliphatic heterocycles. The summed E-state index contributed by atoms with van der Waals surface area (Å²) in [7, 11) is 1.67. The smallest absolute Gasteiger partial charge is 0.122 e. The van der Waals surface area contributed by atoms with Gasteiger partial charge in [-0.25, -0.2) is 0 Å². The molecule has 1 atom stereocenters. The summed E-state index contributed by atoms with van der Waals surface area (Å²) in [5.74, 6) is 0.833. The van der Waals surface area contributed by atoms with Gasteiger partial charge in [-0.3, -0.25) is 0 Å². The SMILES string of the molecule is COc1ccc(C)cc1CC(O)c1cc(C)ccc1C. The van der Waals surface area contributed by atoms with E-state index in [4.69, 9.17) is 4.74 Å². The summed E-state index contributed by atoms with van der Waals surface area (Å²) in [4.78, 5) is 0. The van der Waals surface area contributed by atoms with Crippen molar-refractivity contribution in [2.75, 3.05) is 7.11 Å². The van der Waals surface area contributed by atoms with E-state index in [1.165, 1.54) is 11.1 Å². The number of ether oxygens (including phenoxy) is 1. The summed E-state index contributed by atoms with van der Waals surface area (Å²) >= 11 is 0. The van der Waals surface area contributed by atoms with Crippen LogP contribution >= 0.6 is 0 Å². The molecule has 106 valence electrons. The first kappa shape index (κ1) is 14.6. The predicted molar refractivity (Wildman–Crippen MR) is 82.3 cm³/mol. The minimum atomic E-state index is -0.509. The van der Waals surface area contributed by atoms with Crippen LogP contribution in [0.2, 0.25) is 0 Å². The molecule has 0 saturated carbocycles.